The van der Waals surface area contributed by atoms with E-state index in [4.69, 9.17) is 11.5 Å². The van der Waals surface area contributed by atoms with Gasteiger partial charge in [0.25, 0.3) is 5.91 Å². The van der Waals surface area contributed by atoms with Crippen LogP contribution in [0.15, 0.2) is 36.5 Å². The molecule has 6 N–H and O–H groups in total. The molecule has 7 nitrogen and oxygen atoms in total. The lowest BCUT2D eigenvalue weighted by molar-refractivity contribution is 0.100. The molecule has 0 radical (unpaired) electrons. The number of rotatable bonds is 5. The third-order valence-corrected chi connectivity index (χ3v) is 5.61. The second-order valence-electron chi connectivity index (χ2n) is 7.74. The van der Waals surface area contributed by atoms with Crippen LogP contribution in [-0.2, 0) is 0 Å². The van der Waals surface area contributed by atoms with Gasteiger partial charge in [-0.05, 0) is 49.4 Å². The van der Waals surface area contributed by atoms with Gasteiger partial charge in [0, 0.05) is 35.0 Å². The first-order chi connectivity index (χ1) is 14.4. The average molecular weight is 408 g/mol. The van der Waals surface area contributed by atoms with E-state index < -0.39 is 11.7 Å². The monoisotopic (exact) mass is 408 g/mol. The second-order valence-corrected chi connectivity index (χ2v) is 7.74. The van der Waals surface area contributed by atoms with Gasteiger partial charge in [-0.3, -0.25) is 9.78 Å². The SMILES string of the molecule is Cc1nccc2cc(Nc3nc(N[C@@H]4CCCC[C@@H]4N)c(F)cc3C(N)=O)ccc12. The molecule has 2 aromatic heterocycles. The predicted molar refractivity (Wildman–Crippen MR) is 116 cm³/mol. The molecule has 4 rings (SSSR count). The van der Waals surface area contributed by atoms with E-state index in [2.05, 4.69) is 20.6 Å². The average Bonchev–Trinajstić information content (AvgIpc) is 2.72. The molecule has 1 saturated carbocycles. The lowest BCUT2D eigenvalue weighted by Gasteiger charge is -2.30. The van der Waals surface area contributed by atoms with Gasteiger partial charge in [0.2, 0.25) is 0 Å². The fourth-order valence-electron chi connectivity index (χ4n) is 3.93. The van der Waals surface area contributed by atoms with Crippen molar-refractivity contribution in [2.45, 2.75) is 44.7 Å². The number of pyridine rings is 2. The number of carbonyl (C=O) groups is 1. The van der Waals surface area contributed by atoms with Gasteiger partial charge in [0.15, 0.2) is 11.6 Å². The molecule has 0 aliphatic heterocycles. The number of aryl methyl sites for hydroxylation is 1. The number of aromatic nitrogens is 2. The molecule has 0 unspecified atom stereocenters. The van der Waals surface area contributed by atoms with Crippen LogP contribution in [0.2, 0.25) is 0 Å². The standard InChI is InChI=1S/C22H25FN6O/c1-12-15-7-6-14(10-13(15)8-9-26-12)27-21-16(20(25)30)11-17(23)22(29-21)28-19-5-3-2-4-18(19)24/h6-11,18-19H,2-5,24H2,1H3,(H2,25,30)(H2,27,28,29)/t18-,19+/m0/s1. The van der Waals surface area contributed by atoms with Gasteiger partial charge in [0.1, 0.15) is 5.82 Å². The van der Waals surface area contributed by atoms with Crippen LogP contribution in [-0.4, -0.2) is 28.0 Å². The molecule has 0 bridgehead atoms. The van der Waals surface area contributed by atoms with Crippen LogP contribution < -0.4 is 22.1 Å². The highest BCUT2D eigenvalue weighted by Crippen LogP contribution is 2.28. The van der Waals surface area contributed by atoms with Crippen molar-refractivity contribution in [3.63, 3.8) is 0 Å². The van der Waals surface area contributed by atoms with E-state index in [1.807, 2.05) is 31.2 Å². The molecule has 1 aliphatic rings. The van der Waals surface area contributed by atoms with Crippen LogP contribution in [0.4, 0.5) is 21.7 Å². The zero-order valence-electron chi connectivity index (χ0n) is 16.8. The van der Waals surface area contributed by atoms with Crippen LogP contribution >= 0.6 is 0 Å². The third-order valence-electron chi connectivity index (χ3n) is 5.61. The van der Waals surface area contributed by atoms with Gasteiger partial charge in [-0.2, -0.15) is 0 Å². The molecule has 30 heavy (non-hydrogen) atoms. The number of hydrogen-bond acceptors (Lipinski definition) is 6. The molecule has 8 heteroatoms. The number of nitrogens with zero attached hydrogens (tertiary/aromatic N) is 2. The van der Waals surface area contributed by atoms with E-state index in [9.17, 15) is 9.18 Å². The number of halogens is 1. The van der Waals surface area contributed by atoms with E-state index in [1.54, 1.807) is 6.20 Å². The summed E-state index contributed by atoms with van der Waals surface area (Å²) in [5.41, 5.74) is 13.3. The molecular weight excluding hydrogens is 383 g/mol. The maximum absolute atomic E-state index is 14.7. The van der Waals surface area contributed by atoms with Crippen molar-refractivity contribution in [3.8, 4) is 0 Å². The number of nitrogens with two attached hydrogens (primary N) is 2. The van der Waals surface area contributed by atoms with Gasteiger partial charge in [-0.1, -0.05) is 18.9 Å². The minimum absolute atomic E-state index is 0.0167. The van der Waals surface area contributed by atoms with Crippen LogP contribution in [0.25, 0.3) is 10.8 Å². The molecule has 156 valence electrons. The fraction of sp³-hybridized carbons (Fsp3) is 0.318. The van der Waals surface area contributed by atoms with Crippen molar-refractivity contribution in [3.05, 3.63) is 53.6 Å². The van der Waals surface area contributed by atoms with Gasteiger partial charge in [-0.15, -0.1) is 0 Å². The molecule has 2 heterocycles. The summed E-state index contributed by atoms with van der Waals surface area (Å²) in [6.07, 6.45) is 5.57. The maximum Gasteiger partial charge on any atom is 0.252 e. The van der Waals surface area contributed by atoms with Crippen molar-refractivity contribution in [1.29, 1.82) is 0 Å². The van der Waals surface area contributed by atoms with Crippen molar-refractivity contribution in [2.24, 2.45) is 11.5 Å². The van der Waals surface area contributed by atoms with Crippen LogP contribution in [0.3, 0.4) is 0 Å². The molecule has 1 fully saturated rings. The first-order valence-electron chi connectivity index (χ1n) is 10.1. The smallest absolute Gasteiger partial charge is 0.252 e. The number of carbonyl (C=O) groups excluding carboxylic acids is 1. The Balaban J connectivity index is 1.68. The maximum atomic E-state index is 14.7. The Morgan fingerprint density at radius 2 is 1.97 bits per heavy atom. The van der Waals surface area contributed by atoms with E-state index in [-0.39, 0.29) is 29.3 Å². The summed E-state index contributed by atoms with van der Waals surface area (Å²) >= 11 is 0. The summed E-state index contributed by atoms with van der Waals surface area (Å²) in [5.74, 6) is -1.13. The summed E-state index contributed by atoms with van der Waals surface area (Å²) in [5, 5.41) is 8.24. The molecule has 0 spiro atoms. The Kier molecular flexibility index (Phi) is 5.50. The topological polar surface area (TPSA) is 119 Å². The number of hydrogen-bond donors (Lipinski definition) is 4. The number of amides is 1. The van der Waals surface area contributed by atoms with E-state index in [0.29, 0.717) is 5.69 Å². The zero-order chi connectivity index (χ0) is 21.3. The minimum Gasteiger partial charge on any atom is -0.365 e. The summed E-state index contributed by atoms with van der Waals surface area (Å²) in [7, 11) is 0. The Hall–Kier alpha value is -3.26. The summed E-state index contributed by atoms with van der Waals surface area (Å²) in [6.45, 7) is 1.94. The van der Waals surface area contributed by atoms with E-state index in [0.717, 1.165) is 48.2 Å². The van der Waals surface area contributed by atoms with Crippen LogP contribution in [0.5, 0.6) is 0 Å². The number of nitrogens with one attached hydrogen (secondary N) is 2. The first-order valence-corrected chi connectivity index (χ1v) is 10.1. The highest BCUT2D eigenvalue weighted by atomic mass is 19.1. The van der Waals surface area contributed by atoms with Gasteiger partial charge in [0.05, 0.1) is 5.56 Å². The molecule has 1 aliphatic carbocycles. The minimum atomic E-state index is -0.759. The van der Waals surface area contributed by atoms with Crippen LogP contribution in [0, 0.1) is 12.7 Å². The lowest BCUT2D eigenvalue weighted by Crippen LogP contribution is -2.43. The van der Waals surface area contributed by atoms with Crippen molar-refractivity contribution >= 4 is 34.0 Å². The zero-order valence-corrected chi connectivity index (χ0v) is 16.8. The molecule has 2 atom stereocenters. The molecule has 0 saturated heterocycles. The lowest BCUT2D eigenvalue weighted by atomic mass is 9.91. The number of fused-ring (bicyclic) bond motifs is 1. The number of anilines is 3. The van der Waals surface area contributed by atoms with E-state index >= 15 is 0 Å². The normalized spacial score (nSPS) is 18.9. The largest absolute Gasteiger partial charge is 0.365 e. The summed E-state index contributed by atoms with van der Waals surface area (Å²) in [4.78, 5) is 20.5. The molecule has 3 aromatic rings. The molecule has 1 amide bonds. The molecule has 1 aromatic carbocycles. The van der Waals surface area contributed by atoms with Gasteiger partial charge in [-0.25, -0.2) is 9.37 Å². The Labute approximate surface area is 174 Å². The van der Waals surface area contributed by atoms with Gasteiger partial charge >= 0.3 is 0 Å². The second kappa shape index (κ2) is 8.23. The van der Waals surface area contributed by atoms with Crippen LogP contribution in [0.1, 0.15) is 41.7 Å². The fourth-order valence-corrected chi connectivity index (χ4v) is 3.93. The Bertz CT molecular complexity index is 1100. The van der Waals surface area contributed by atoms with Crippen molar-refractivity contribution in [2.75, 3.05) is 10.6 Å². The molecular formula is C22H25FN6O. The first kappa shape index (κ1) is 20.0. The highest BCUT2D eigenvalue weighted by Gasteiger charge is 2.24. The van der Waals surface area contributed by atoms with E-state index in [1.165, 1.54) is 0 Å². The number of primary amides is 1. The van der Waals surface area contributed by atoms with Gasteiger partial charge < -0.3 is 22.1 Å². The van der Waals surface area contributed by atoms with Crippen molar-refractivity contribution < 1.29 is 9.18 Å². The quantitative estimate of drug-likeness (QED) is 0.512. The highest BCUT2D eigenvalue weighted by molar-refractivity contribution is 5.99. The summed E-state index contributed by atoms with van der Waals surface area (Å²) in [6, 6.07) is 8.60. The number of benzene rings is 1. The Morgan fingerprint density at radius 1 is 1.17 bits per heavy atom. The summed E-state index contributed by atoms with van der Waals surface area (Å²) < 4.78 is 14.7. The van der Waals surface area contributed by atoms with Crippen molar-refractivity contribution in [1.82, 2.24) is 9.97 Å². The predicted octanol–water partition coefficient (Wildman–Crippen LogP) is 3.60. The third kappa shape index (κ3) is 4.04. The Morgan fingerprint density at radius 3 is 2.73 bits per heavy atom.